The zero-order valence-electron chi connectivity index (χ0n) is 19.2. The van der Waals surface area contributed by atoms with E-state index in [2.05, 4.69) is 9.88 Å². The molecule has 0 spiro atoms. The molecule has 9 heteroatoms. The van der Waals surface area contributed by atoms with Gasteiger partial charge in [-0.25, -0.2) is 13.4 Å². The predicted molar refractivity (Wildman–Crippen MR) is 130 cm³/mol. The highest BCUT2D eigenvalue weighted by Crippen LogP contribution is 2.25. The molecule has 0 aliphatic carbocycles. The summed E-state index contributed by atoms with van der Waals surface area (Å²) in [6.45, 7) is 2.59. The number of nitrogens with zero attached hydrogens (tertiary/aromatic N) is 3. The van der Waals surface area contributed by atoms with Crippen LogP contribution in [0.25, 0.3) is 11.0 Å². The first-order chi connectivity index (χ1) is 16.5. The van der Waals surface area contributed by atoms with E-state index in [1.807, 2.05) is 18.2 Å². The molecule has 8 nitrogen and oxygen atoms in total. The van der Waals surface area contributed by atoms with Gasteiger partial charge in [-0.2, -0.15) is 4.31 Å². The van der Waals surface area contributed by atoms with Gasteiger partial charge in [0.05, 0.1) is 29.1 Å². The number of nitrogens with one attached hydrogen (secondary N) is 1. The fourth-order valence-electron chi connectivity index (χ4n) is 4.67. The van der Waals surface area contributed by atoms with Gasteiger partial charge < -0.3 is 14.6 Å². The van der Waals surface area contributed by atoms with Crippen LogP contribution >= 0.6 is 0 Å². The summed E-state index contributed by atoms with van der Waals surface area (Å²) in [4.78, 5) is 17.6. The van der Waals surface area contributed by atoms with E-state index in [-0.39, 0.29) is 10.8 Å². The SMILES string of the molecule is O=C(CCc1ccc(S(=O)(=O)N2CCOCC2)cc1)Nc1ccc2c(c1)nc1n2CCCCC1. The maximum atomic E-state index is 12.7. The van der Waals surface area contributed by atoms with Crippen LogP contribution in [0.4, 0.5) is 5.69 Å². The van der Waals surface area contributed by atoms with Crippen LogP contribution in [0.3, 0.4) is 0 Å². The molecule has 1 saturated heterocycles. The Morgan fingerprint density at radius 2 is 1.79 bits per heavy atom. The minimum Gasteiger partial charge on any atom is -0.379 e. The summed E-state index contributed by atoms with van der Waals surface area (Å²) in [5, 5.41) is 2.97. The number of hydrogen-bond donors (Lipinski definition) is 1. The molecular weight excluding hydrogens is 452 g/mol. The second-order valence-electron chi connectivity index (χ2n) is 8.90. The van der Waals surface area contributed by atoms with Crippen LogP contribution in [0.1, 0.15) is 37.1 Å². The summed E-state index contributed by atoms with van der Waals surface area (Å²) in [7, 11) is -3.51. The maximum Gasteiger partial charge on any atom is 0.243 e. The average Bonchev–Trinajstić information content (AvgIpc) is 3.03. The average molecular weight is 483 g/mol. The standard InChI is InChI=1S/C25H30N4O4S/c30-25(26-20-8-11-23-22(18-20)27-24-4-2-1-3-13-29(23)24)12-7-19-5-9-21(10-6-19)34(31,32)28-14-16-33-17-15-28/h5-6,8-11,18H,1-4,7,12-17H2,(H,26,30). The number of morpholine rings is 1. The fourth-order valence-corrected chi connectivity index (χ4v) is 6.08. The van der Waals surface area contributed by atoms with Crippen LogP contribution in [0.15, 0.2) is 47.4 Å². The lowest BCUT2D eigenvalue weighted by Gasteiger charge is -2.26. The van der Waals surface area contributed by atoms with Gasteiger partial charge in [-0.05, 0) is 55.2 Å². The number of anilines is 1. The molecule has 0 atom stereocenters. The van der Waals surface area contributed by atoms with Crippen molar-refractivity contribution in [1.82, 2.24) is 13.9 Å². The molecule has 2 aliphatic heterocycles. The van der Waals surface area contributed by atoms with Gasteiger partial charge in [0.2, 0.25) is 15.9 Å². The summed E-state index contributed by atoms with van der Waals surface area (Å²) < 4.78 is 34.5. The predicted octanol–water partition coefficient (Wildman–Crippen LogP) is 3.35. The lowest BCUT2D eigenvalue weighted by atomic mass is 10.1. The Balaban J connectivity index is 1.19. The summed E-state index contributed by atoms with van der Waals surface area (Å²) in [5.41, 5.74) is 3.72. The monoisotopic (exact) mass is 482 g/mol. The molecule has 1 aromatic heterocycles. The number of hydrogen-bond acceptors (Lipinski definition) is 5. The number of sulfonamides is 1. The van der Waals surface area contributed by atoms with Crippen molar-refractivity contribution in [2.75, 3.05) is 31.6 Å². The molecule has 180 valence electrons. The maximum absolute atomic E-state index is 12.7. The smallest absolute Gasteiger partial charge is 0.243 e. The molecule has 0 saturated carbocycles. The van der Waals surface area contributed by atoms with Gasteiger partial charge in [-0.15, -0.1) is 0 Å². The molecule has 5 rings (SSSR count). The second kappa shape index (κ2) is 9.85. The zero-order chi connectivity index (χ0) is 23.5. The molecule has 0 bridgehead atoms. The lowest BCUT2D eigenvalue weighted by molar-refractivity contribution is -0.116. The number of rotatable bonds is 6. The number of carbonyl (C=O) groups is 1. The third kappa shape index (κ3) is 4.87. The number of imidazole rings is 1. The molecule has 34 heavy (non-hydrogen) atoms. The zero-order valence-corrected chi connectivity index (χ0v) is 20.0. The Bertz CT molecular complexity index is 1280. The molecule has 1 fully saturated rings. The van der Waals surface area contributed by atoms with E-state index in [4.69, 9.17) is 9.72 Å². The van der Waals surface area contributed by atoms with E-state index in [9.17, 15) is 13.2 Å². The van der Waals surface area contributed by atoms with E-state index in [1.165, 1.54) is 23.6 Å². The lowest BCUT2D eigenvalue weighted by Crippen LogP contribution is -2.40. The summed E-state index contributed by atoms with van der Waals surface area (Å²) in [6, 6.07) is 12.7. The van der Waals surface area contributed by atoms with Crippen LogP contribution in [0.5, 0.6) is 0 Å². The van der Waals surface area contributed by atoms with Crippen LogP contribution in [-0.4, -0.2) is 54.5 Å². The Hall–Kier alpha value is -2.75. The second-order valence-corrected chi connectivity index (χ2v) is 10.8. The number of ether oxygens (including phenoxy) is 1. The highest BCUT2D eigenvalue weighted by molar-refractivity contribution is 7.89. The molecular formula is C25H30N4O4S. The number of aryl methyl sites for hydroxylation is 3. The van der Waals surface area contributed by atoms with Gasteiger partial charge in [-0.3, -0.25) is 4.79 Å². The van der Waals surface area contributed by atoms with E-state index >= 15 is 0 Å². The fraction of sp³-hybridized carbons (Fsp3) is 0.440. The number of aromatic nitrogens is 2. The van der Waals surface area contributed by atoms with Gasteiger partial charge in [0.1, 0.15) is 5.82 Å². The van der Waals surface area contributed by atoms with E-state index in [0.717, 1.165) is 41.1 Å². The Morgan fingerprint density at radius 3 is 2.59 bits per heavy atom. The van der Waals surface area contributed by atoms with Crippen molar-refractivity contribution in [3.8, 4) is 0 Å². The summed E-state index contributed by atoms with van der Waals surface area (Å²) in [5.74, 6) is 1.06. The van der Waals surface area contributed by atoms with Gasteiger partial charge in [0, 0.05) is 38.2 Å². The van der Waals surface area contributed by atoms with Crippen LogP contribution in [0, 0.1) is 0 Å². The van der Waals surface area contributed by atoms with Crippen LogP contribution < -0.4 is 5.32 Å². The van der Waals surface area contributed by atoms with Gasteiger partial charge in [0.15, 0.2) is 0 Å². The largest absolute Gasteiger partial charge is 0.379 e. The van der Waals surface area contributed by atoms with Crippen molar-refractivity contribution in [1.29, 1.82) is 0 Å². The van der Waals surface area contributed by atoms with Crippen LogP contribution in [0.2, 0.25) is 0 Å². The number of carbonyl (C=O) groups excluding carboxylic acids is 1. The quantitative estimate of drug-likeness (QED) is 0.582. The van der Waals surface area contributed by atoms with Crippen molar-refractivity contribution >= 4 is 32.7 Å². The summed E-state index contributed by atoms with van der Waals surface area (Å²) >= 11 is 0. The molecule has 1 amide bonds. The summed E-state index contributed by atoms with van der Waals surface area (Å²) in [6.07, 6.45) is 5.44. The molecule has 0 unspecified atom stereocenters. The van der Waals surface area contributed by atoms with Crippen molar-refractivity contribution in [3.05, 3.63) is 53.9 Å². The van der Waals surface area contributed by atoms with E-state index in [0.29, 0.717) is 39.1 Å². The molecule has 0 radical (unpaired) electrons. The van der Waals surface area contributed by atoms with Crippen LogP contribution in [-0.2, 0) is 38.9 Å². The topological polar surface area (TPSA) is 93.5 Å². The molecule has 2 aromatic carbocycles. The minimum atomic E-state index is -3.51. The number of amides is 1. The van der Waals surface area contributed by atoms with Crippen molar-refractivity contribution < 1.29 is 17.9 Å². The van der Waals surface area contributed by atoms with E-state index < -0.39 is 10.0 Å². The first kappa shape index (κ1) is 23.0. The minimum absolute atomic E-state index is 0.0786. The molecule has 3 aromatic rings. The highest BCUT2D eigenvalue weighted by atomic mass is 32.2. The molecule has 3 heterocycles. The van der Waals surface area contributed by atoms with Gasteiger partial charge in [-0.1, -0.05) is 18.6 Å². The van der Waals surface area contributed by atoms with Crippen molar-refractivity contribution in [3.63, 3.8) is 0 Å². The third-order valence-electron chi connectivity index (χ3n) is 6.57. The van der Waals surface area contributed by atoms with Gasteiger partial charge >= 0.3 is 0 Å². The molecule has 1 N–H and O–H groups in total. The Kier molecular flexibility index (Phi) is 6.67. The first-order valence-corrected chi connectivity index (χ1v) is 13.4. The third-order valence-corrected chi connectivity index (χ3v) is 8.48. The number of fused-ring (bicyclic) bond motifs is 3. The number of benzene rings is 2. The van der Waals surface area contributed by atoms with Gasteiger partial charge in [0.25, 0.3) is 0 Å². The Morgan fingerprint density at radius 1 is 1.00 bits per heavy atom. The van der Waals surface area contributed by atoms with E-state index in [1.54, 1.807) is 24.3 Å². The van der Waals surface area contributed by atoms with Crippen molar-refractivity contribution in [2.24, 2.45) is 0 Å². The normalized spacial score (nSPS) is 17.3. The highest BCUT2D eigenvalue weighted by Gasteiger charge is 2.26. The first-order valence-electron chi connectivity index (χ1n) is 12.0. The molecule has 2 aliphatic rings. The van der Waals surface area contributed by atoms with Crippen molar-refractivity contribution in [2.45, 2.75) is 50.0 Å². The Labute approximate surface area is 200 Å².